The Labute approximate surface area is 135 Å². The fraction of sp³-hybridized carbons (Fsp3) is 0.222. The van der Waals surface area contributed by atoms with Gasteiger partial charge in [-0.3, -0.25) is 9.59 Å². The molecule has 2 rings (SSSR count). The number of rotatable bonds is 6. The Morgan fingerprint density at radius 2 is 1.70 bits per heavy atom. The van der Waals surface area contributed by atoms with Crippen LogP contribution in [0.1, 0.15) is 30.1 Å². The molecule has 0 aromatic heterocycles. The van der Waals surface area contributed by atoms with Gasteiger partial charge < -0.3 is 15.4 Å². The minimum absolute atomic E-state index is 0.0382. The Morgan fingerprint density at radius 3 is 2.39 bits per heavy atom. The number of methoxy groups -OCH3 is 1. The van der Waals surface area contributed by atoms with Gasteiger partial charge in [-0.1, -0.05) is 19.1 Å². The maximum absolute atomic E-state index is 12.3. The molecule has 2 aromatic rings. The number of carbonyl (C=O) groups is 2. The molecule has 0 radical (unpaired) electrons. The number of carbonyl (C=O) groups excluding carboxylic acids is 2. The van der Waals surface area contributed by atoms with E-state index in [-0.39, 0.29) is 11.8 Å². The van der Waals surface area contributed by atoms with Gasteiger partial charge in [0.15, 0.2) is 0 Å². The number of hydrogen-bond acceptors (Lipinski definition) is 3. The third kappa shape index (κ3) is 4.85. The van der Waals surface area contributed by atoms with Crippen molar-refractivity contribution >= 4 is 23.2 Å². The van der Waals surface area contributed by atoms with E-state index in [9.17, 15) is 9.59 Å². The minimum atomic E-state index is -0.235. The van der Waals surface area contributed by atoms with E-state index in [1.54, 1.807) is 55.6 Å². The lowest BCUT2D eigenvalue weighted by atomic mass is 10.2. The lowest BCUT2D eigenvalue weighted by Gasteiger charge is -2.09. The van der Waals surface area contributed by atoms with Crippen molar-refractivity contribution < 1.29 is 14.3 Å². The van der Waals surface area contributed by atoms with Gasteiger partial charge in [-0.05, 0) is 42.8 Å². The number of hydrogen-bond donors (Lipinski definition) is 2. The highest BCUT2D eigenvalue weighted by atomic mass is 16.5. The zero-order valence-corrected chi connectivity index (χ0v) is 13.3. The van der Waals surface area contributed by atoms with Gasteiger partial charge in [0.2, 0.25) is 5.91 Å². The van der Waals surface area contributed by atoms with Gasteiger partial charge in [0, 0.05) is 23.4 Å². The molecule has 0 aliphatic heterocycles. The highest BCUT2D eigenvalue weighted by molar-refractivity contribution is 6.05. The quantitative estimate of drug-likeness (QED) is 0.855. The molecule has 2 amide bonds. The van der Waals surface area contributed by atoms with Crippen LogP contribution in [0.15, 0.2) is 48.5 Å². The smallest absolute Gasteiger partial charge is 0.255 e. The maximum Gasteiger partial charge on any atom is 0.255 e. The topological polar surface area (TPSA) is 67.4 Å². The zero-order chi connectivity index (χ0) is 16.7. The predicted molar refractivity (Wildman–Crippen MR) is 90.9 cm³/mol. The summed E-state index contributed by atoms with van der Waals surface area (Å²) in [7, 11) is 1.56. The fourth-order valence-electron chi connectivity index (χ4n) is 2.09. The third-order valence-electron chi connectivity index (χ3n) is 3.21. The van der Waals surface area contributed by atoms with Crippen molar-refractivity contribution in [3.63, 3.8) is 0 Å². The molecular weight excluding hydrogens is 292 g/mol. The number of amides is 2. The van der Waals surface area contributed by atoms with Crippen LogP contribution < -0.4 is 15.4 Å². The molecule has 5 nitrogen and oxygen atoms in total. The average Bonchev–Trinajstić information content (AvgIpc) is 2.55. The Morgan fingerprint density at radius 1 is 1.00 bits per heavy atom. The van der Waals surface area contributed by atoms with Crippen LogP contribution in [0.4, 0.5) is 11.4 Å². The van der Waals surface area contributed by atoms with Crippen molar-refractivity contribution in [3.8, 4) is 5.75 Å². The number of benzene rings is 2. The first kappa shape index (κ1) is 16.5. The Bertz CT molecular complexity index is 698. The third-order valence-corrected chi connectivity index (χ3v) is 3.21. The van der Waals surface area contributed by atoms with Crippen LogP contribution in [0.2, 0.25) is 0 Å². The first-order chi connectivity index (χ1) is 11.1. The van der Waals surface area contributed by atoms with Gasteiger partial charge in [-0.25, -0.2) is 0 Å². The molecule has 2 aromatic carbocycles. The molecule has 2 N–H and O–H groups in total. The lowest BCUT2D eigenvalue weighted by Crippen LogP contribution is -2.13. The Balaban J connectivity index is 2.07. The van der Waals surface area contributed by atoms with E-state index >= 15 is 0 Å². The second-order valence-corrected chi connectivity index (χ2v) is 5.07. The fourth-order valence-corrected chi connectivity index (χ4v) is 2.09. The standard InChI is InChI=1S/C18H20N2O3/c1-3-6-17(21)19-14-8-5-9-15(12-14)20-18(22)13-7-4-10-16(11-13)23-2/h4-5,7-12H,3,6H2,1-2H3,(H,19,21)(H,20,22). The van der Waals surface area contributed by atoms with E-state index in [2.05, 4.69) is 10.6 Å². The van der Waals surface area contributed by atoms with Gasteiger partial charge in [-0.2, -0.15) is 0 Å². The maximum atomic E-state index is 12.3. The van der Waals surface area contributed by atoms with Crippen LogP contribution in [0.25, 0.3) is 0 Å². The predicted octanol–water partition coefficient (Wildman–Crippen LogP) is 3.69. The van der Waals surface area contributed by atoms with Crippen LogP contribution >= 0.6 is 0 Å². The summed E-state index contributed by atoms with van der Waals surface area (Å²) in [5, 5.41) is 5.61. The van der Waals surface area contributed by atoms with Crippen molar-refractivity contribution in [3.05, 3.63) is 54.1 Å². The first-order valence-electron chi connectivity index (χ1n) is 7.47. The average molecular weight is 312 g/mol. The summed E-state index contributed by atoms with van der Waals surface area (Å²) in [5.41, 5.74) is 1.78. The molecule has 23 heavy (non-hydrogen) atoms. The van der Waals surface area contributed by atoms with Crippen LogP contribution in [0, 0.1) is 0 Å². The molecule has 0 bridgehead atoms. The molecule has 0 heterocycles. The van der Waals surface area contributed by atoms with Crippen molar-refractivity contribution in [2.75, 3.05) is 17.7 Å². The Hall–Kier alpha value is -2.82. The zero-order valence-electron chi connectivity index (χ0n) is 13.3. The number of anilines is 2. The molecule has 0 saturated carbocycles. The molecular formula is C18H20N2O3. The molecule has 0 aliphatic rings. The van der Waals surface area contributed by atoms with E-state index in [0.717, 1.165) is 6.42 Å². The highest BCUT2D eigenvalue weighted by Crippen LogP contribution is 2.18. The van der Waals surface area contributed by atoms with E-state index in [1.165, 1.54) is 0 Å². The summed E-state index contributed by atoms with van der Waals surface area (Å²) in [6, 6.07) is 14.0. The van der Waals surface area contributed by atoms with Gasteiger partial charge in [0.1, 0.15) is 5.75 Å². The summed E-state index contributed by atoms with van der Waals surface area (Å²) >= 11 is 0. The van der Waals surface area contributed by atoms with E-state index in [1.807, 2.05) is 6.92 Å². The van der Waals surface area contributed by atoms with E-state index in [0.29, 0.717) is 29.1 Å². The monoisotopic (exact) mass is 312 g/mol. The molecule has 0 atom stereocenters. The number of nitrogens with one attached hydrogen (secondary N) is 2. The molecule has 0 unspecified atom stereocenters. The normalized spacial score (nSPS) is 10.0. The van der Waals surface area contributed by atoms with Crippen LogP contribution in [-0.2, 0) is 4.79 Å². The van der Waals surface area contributed by atoms with Gasteiger partial charge >= 0.3 is 0 Å². The second kappa shape index (κ2) is 7.98. The number of ether oxygens (including phenoxy) is 1. The van der Waals surface area contributed by atoms with Gasteiger partial charge in [-0.15, -0.1) is 0 Å². The summed E-state index contributed by atoms with van der Waals surface area (Å²) < 4.78 is 5.11. The largest absolute Gasteiger partial charge is 0.497 e. The van der Waals surface area contributed by atoms with Crippen molar-refractivity contribution in [1.29, 1.82) is 0 Å². The molecule has 5 heteroatoms. The lowest BCUT2D eigenvalue weighted by molar-refractivity contribution is -0.116. The molecule has 0 aliphatic carbocycles. The SMILES string of the molecule is CCCC(=O)Nc1cccc(NC(=O)c2cccc(OC)c2)c1. The van der Waals surface area contributed by atoms with Crippen LogP contribution in [-0.4, -0.2) is 18.9 Å². The summed E-state index contributed by atoms with van der Waals surface area (Å²) in [4.78, 5) is 23.9. The van der Waals surface area contributed by atoms with Crippen molar-refractivity contribution in [2.45, 2.75) is 19.8 Å². The first-order valence-corrected chi connectivity index (χ1v) is 7.47. The van der Waals surface area contributed by atoms with Crippen molar-refractivity contribution in [2.24, 2.45) is 0 Å². The van der Waals surface area contributed by atoms with Crippen LogP contribution in [0.5, 0.6) is 5.75 Å². The molecule has 0 saturated heterocycles. The molecule has 0 fully saturated rings. The van der Waals surface area contributed by atoms with E-state index < -0.39 is 0 Å². The van der Waals surface area contributed by atoms with Crippen LogP contribution in [0.3, 0.4) is 0 Å². The van der Waals surface area contributed by atoms with Crippen molar-refractivity contribution in [1.82, 2.24) is 0 Å². The highest BCUT2D eigenvalue weighted by Gasteiger charge is 2.08. The second-order valence-electron chi connectivity index (χ2n) is 5.07. The van der Waals surface area contributed by atoms with Gasteiger partial charge in [0.25, 0.3) is 5.91 Å². The molecule has 120 valence electrons. The summed E-state index contributed by atoms with van der Waals surface area (Å²) in [6.45, 7) is 1.95. The van der Waals surface area contributed by atoms with Gasteiger partial charge in [0.05, 0.1) is 7.11 Å². The molecule has 0 spiro atoms. The minimum Gasteiger partial charge on any atom is -0.497 e. The van der Waals surface area contributed by atoms with E-state index in [4.69, 9.17) is 4.74 Å². The summed E-state index contributed by atoms with van der Waals surface area (Å²) in [6.07, 6.45) is 1.26. The Kier molecular flexibility index (Phi) is 5.74. The summed E-state index contributed by atoms with van der Waals surface area (Å²) in [5.74, 6) is 0.350.